The molecule has 9 nitrogen and oxygen atoms in total. The average Bonchev–Trinajstić information content (AvgIpc) is 3.18. The summed E-state index contributed by atoms with van der Waals surface area (Å²) in [6.45, 7) is 6.17. The van der Waals surface area contributed by atoms with Gasteiger partial charge in [0, 0.05) is 63.5 Å². The Morgan fingerprint density at radius 1 is 1.12 bits per heavy atom. The highest BCUT2D eigenvalue weighted by Gasteiger charge is 2.35. The fraction of sp³-hybridized carbons (Fsp3) is 0.333. The lowest BCUT2D eigenvalue weighted by molar-refractivity contribution is -0.127. The molecule has 2 aromatic rings. The highest BCUT2D eigenvalue weighted by Crippen LogP contribution is 2.40. The summed E-state index contributed by atoms with van der Waals surface area (Å²) in [5, 5.41) is 3.04. The third-order valence-corrected chi connectivity index (χ3v) is 10.3. The molecule has 40 heavy (non-hydrogen) atoms. The van der Waals surface area contributed by atoms with Crippen molar-refractivity contribution in [3.8, 4) is 0 Å². The van der Waals surface area contributed by atoms with Gasteiger partial charge in [0.05, 0.1) is 5.69 Å². The Morgan fingerprint density at radius 2 is 1.80 bits per heavy atom. The van der Waals surface area contributed by atoms with Gasteiger partial charge in [0.25, 0.3) is 10.0 Å². The molecule has 2 aliphatic heterocycles. The zero-order valence-electron chi connectivity index (χ0n) is 22.4. The van der Waals surface area contributed by atoms with Crippen molar-refractivity contribution in [1.29, 1.82) is 0 Å². The summed E-state index contributed by atoms with van der Waals surface area (Å²) in [7, 11) is -2.31. The molecule has 1 atom stereocenters. The van der Waals surface area contributed by atoms with Crippen LogP contribution in [0.1, 0.15) is 25.0 Å². The Kier molecular flexibility index (Phi) is 9.44. The van der Waals surface area contributed by atoms with Crippen molar-refractivity contribution in [2.24, 2.45) is 0 Å². The number of halogens is 2. The quantitative estimate of drug-likeness (QED) is 0.439. The number of thioether (sulfide) groups is 1. The van der Waals surface area contributed by atoms with E-state index in [1.807, 2.05) is 0 Å². The first-order valence-electron chi connectivity index (χ1n) is 12.6. The number of carbonyl (C=O) groups excluding carboxylic acids is 2. The number of nitrogens with zero attached hydrogens (tertiary/aromatic N) is 3. The van der Waals surface area contributed by atoms with Crippen LogP contribution in [-0.2, 0) is 26.2 Å². The summed E-state index contributed by atoms with van der Waals surface area (Å²) < 4.78 is 42.5. The highest BCUT2D eigenvalue weighted by molar-refractivity contribution is 8.19. The van der Waals surface area contributed by atoms with Crippen LogP contribution in [0.2, 0.25) is 5.02 Å². The van der Waals surface area contributed by atoms with Gasteiger partial charge in [0.2, 0.25) is 11.8 Å². The van der Waals surface area contributed by atoms with Crippen LogP contribution in [0.15, 0.2) is 58.5 Å². The monoisotopic (exact) mass is 607 g/mol. The minimum Gasteiger partial charge on any atom is -0.348 e. The number of anilines is 1. The number of benzene rings is 2. The number of amides is 2. The van der Waals surface area contributed by atoms with Gasteiger partial charge in [0.1, 0.15) is 10.1 Å². The molecule has 2 heterocycles. The highest BCUT2D eigenvalue weighted by atomic mass is 35.5. The molecule has 1 fully saturated rings. The van der Waals surface area contributed by atoms with Gasteiger partial charge in [-0.3, -0.25) is 19.2 Å². The van der Waals surface area contributed by atoms with E-state index in [1.165, 1.54) is 31.2 Å². The summed E-state index contributed by atoms with van der Waals surface area (Å²) in [6.07, 6.45) is 2.99. The molecular weight excluding hydrogens is 577 g/mol. The lowest BCUT2D eigenvalue weighted by atomic mass is 10.1. The molecular formula is C27H31ClFN5O4S2. The summed E-state index contributed by atoms with van der Waals surface area (Å²) in [5.74, 6) is -0.727. The summed E-state index contributed by atoms with van der Waals surface area (Å²) in [5.41, 5.74) is 1.66. The minimum absolute atomic E-state index is 0.0817. The first-order valence-corrected chi connectivity index (χ1v) is 15.3. The molecule has 0 saturated carbocycles. The average molecular weight is 608 g/mol. The second kappa shape index (κ2) is 12.6. The number of hydrogen-bond donors (Lipinski definition) is 2. The predicted octanol–water partition coefficient (Wildman–Crippen LogP) is 3.87. The van der Waals surface area contributed by atoms with Gasteiger partial charge in [-0.1, -0.05) is 41.6 Å². The SMILES string of the molecule is CC(=O)NC1SC(S(=O)(=O)Nc2cc(Cl)ccc2/C=C/C(=O)N2CCN(Cc3ccc(F)cc3)CC2)=C(C)N1C. The fourth-order valence-corrected chi connectivity index (χ4v) is 7.57. The number of rotatable bonds is 8. The van der Waals surface area contributed by atoms with Crippen molar-refractivity contribution in [3.63, 3.8) is 0 Å². The van der Waals surface area contributed by atoms with E-state index < -0.39 is 15.5 Å². The molecule has 214 valence electrons. The largest absolute Gasteiger partial charge is 0.348 e. The zero-order valence-corrected chi connectivity index (χ0v) is 24.7. The number of piperazine rings is 1. The number of carbonyl (C=O) groups is 2. The molecule has 2 aromatic carbocycles. The minimum atomic E-state index is -4.01. The lowest BCUT2D eigenvalue weighted by Gasteiger charge is -2.34. The Balaban J connectivity index is 1.41. The maximum absolute atomic E-state index is 13.3. The van der Waals surface area contributed by atoms with E-state index in [1.54, 1.807) is 54.1 Å². The fourth-order valence-electron chi connectivity index (χ4n) is 4.34. The Labute approximate surface area is 243 Å². The number of nitrogens with one attached hydrogen (secondary N) is 2. The maximum Gasteiger partial charge on any atom is 0.269 e. The Bertz CT molecular complexity index is 1440. The van der Waals surface area contributed by atoms with Crippen LogP contribution < -0.4 is 10.0 Å². The zero-order chi connectivity index (χ0) is 29.0. The van der Waals surface area contributed by atoms with E-state index in [9.17, 15) is 22.4 Å². The summed E-state index contributed by atoms with van der Waals surface area (Å²) in [4.78, 5) is 30.1. The maximum atomic E-state index is 13.3. The molecule has 2 N–H and O–H groups in total. The van der Waals surface area contributed by atoms with E-state index in [-0.39, 0.29) is 27.6 Å². The Hall–Kier alpha value is -3.06. The molecule has 1 saturated heterocycles. The van der Waals surface area contributed by atoms with E-state index in [0.717, 1.165) is 17.3 Å². The van der Waals surface area contributed by atoms with Gasteiger partial charge in [-0.05, 0) is 48.4 Å². The topological polar surface area (TPSA) is 102 Å². The van der Waals surface area contributed by atoms with Gasteiger partial charge in [0.15, 0.2) is 5.50 Å². The molecule has 0 spiro atoms. The van der Waals surface area contributed by atoms with Crippen molar-refractivity contribution in [2.75, 3.05) is 37.9 Å². The Morgan fingerprint density at radius 3 is 2.45 bits per heavy atom. The van der Waals surface area contributed by atoms with Crippen LogP contribution in [0, 0.1) is 5.82 Å². The van der Waals surface area contributed by atoms with Gasteiger partial charge in [-0.2, -0.15) is 0 Å². The van der Waals surface area contributed by atoms with Crippen LogP contribution in [0.5, 0.6) is 0 Å². The number of sulfonamides is 1. The van der Waals surface area contributed by atoms with Crippen LogP contribution in [0.4, 0.5) is 10.1 Å². The van der Waals surface area contributed by atoms with E-state index in [4.69, 9.17) is 11.6 Å². The van der Waals surface area contributed by atoms with Crippen molar-refractivity contribution >= 4 is 57.0 Å². The normalized spacial score (nSPS) is 18.5. The smallest absolute Gasteiger partial charge is 0.269 e. The standard InChI is InChI=1S/C27H31ClFN5O4S2/c1-18-26(39-27(32(18)3)30-19(2)35)40(37,38)31-24-16-22(28)8-6-21(24)7-11-25(36)34-14-12-33(13-15-34)17-20-4-9-23(29)10-5-20/h4-11,16,27,31H,12-15,17H2,1-3H3,(H,30,35)/b11-7+. The molecule has 0 radical (unpaired) electrons. The summed E-state index contributed by atoms with van der Waals surface area (Å²) in [6, 6.07) is 11.1. The molecule has 1 unspecified atom stereocenters. The van der Waals surface area contributed by atoms with Crippen LogP contribution in [0.25, 0.3) is 6.08 Å². The molecule has 2 aliphatic rings. The van der Waals surface area contributed by atoms with Gasteiger partial charge in [-0.15, -0.1) is 0 Å². The third-order valence-electron chi connectivity index (χ3n) is 6.63. The number of allylic oxidation sites excluding steroid dienone is 1. The molecule has 0 bridgehead atoms. The predicted molar refractivity (Wildman–Crippen MR) is 157 cm³/mol. The first kappa shape index (κ1) is 29.9. The van der Waals surface area contributed by atoms with Crippen LogP contribution in [0.3, 0.4) is 0 Å². The molecule has 0 aromatic heterocycles. The van der Waals surface area contributed by atoms with Crippen molar-refractivity contribution in [3.05, 3.63) is 80.4 Å². The van der Waals surface area contributed by atoms with E-state index in [0.29, 0.717) is 49.0 Å². The van der Waals surface area contributed by atoms with Gasteiger partial charge < -0.3 is 15.1 Å². The third kappa shape index (κ3) is 7.36. The molecule has 4 rings (SSSR count). The van der Waals surface area contributed by atoms with Crippen molar-refractivity contribution in [2.45, 2.75) is 25.9 Å². The van der Waals surface area contributed by atoms with Crippen LogP contribution >= 0.6 is 23.4 Å². The van der Waals surface area contributed by atoms with Crippen LogP contribution in [-0.4, -0.2) is 73.7 Å². The van der Waals surface area contributed by atoms with Gasteiger partial charge in [-0.25, -0.2) is 12.8 Å². The molecule has 2 amide bonds. The van der Waals surface area contributed by atoms with E-state index in [2.05, 4.69) is 14.9 Å². The number of hydrogen-bond acceptors (Lipinski definition) is 7. The second-order valence-electron chi connectivity index (χ2n) is 9.55. The summed E-state index contributed by atoms with van der Waals surface area (Å²) >= 11 is 7.19. The first-order chi connectivity index (χ1) is 18.9. The lowest BCUT2D eigenvalue weighted by Crippen LogP contribution is -2.47. The molecule has 0 aliphatic carbocycles. The van der Waals surface area contributed by atoms with E-state index >= 15 is 0 Å². The van der Waals surface area contributed by atoms with Crippen molar-refractivity contribution < 1.29 is 22.4 Å². The second-order valence-corrected chi connectivity index (χ2v) is 13.0. The van der Waals surface area contributed by atoms with Gasteiger partial charge >= 0.3 is 0 Å². The van der Waals surface area contributed by atoms with Crippen molar-refractivity contribution in [1.82, 2.24) is 20.0 Å². The molecule has 13 heteroatoms.